The zero-order chi connectivity index (χ0) is 16.3. The first kappa shape index (κ1) is 16.9. The zero-order valence-electron chi connectivity index (χ0n) is 13.1. The lowest BCUT2D eigenvalue weighted by Gasteiger charge is -2.38. The normalized spacial score (nSPS) is 26.9. The molecule has 0 radical (unpaired) electrons. The van der Waals surface area contributed by atoms with E-state index >= 15 is 0 Å². The van der Waals surface area contributed by atoms with Crippen molar-refractivity contribution in [3.05, 3.63) is 34.3 Å². The molecular formula is C17H23BrN2O3. The Morgan fingerprint density at radius 3 is 2.87 bits per heavy atom. The van der Waals surface area contributed by atoms with Gasteiger partial charge in [-0.05, 0) is 37.0 Å². The van der Waals surface area contributed by atoms with Crippen molar-refractivity contribution < 1.29 is 14.6 Å². The third-order valence-electron chi connectivity index (χ3n) is 4.91. The van der Waals surface area contributed by atoms with Gasteiger partial charge in [0.1, 0.15) is 0 Å². The number of benzene rings is 1. The summed E-state index contributed by atoms with van der Waals surface area (Å²) in [7, 11) is 0. The molecular weight excluding hydrogens is 360 g/mol. The van der Waals surface area contributed by atoms with Crippen molar-refractivity contribution in [3.8, 4) is 0 Å². The predicted octanol–water partition coefficient (Wildman–Crippen LogP) is 1.34. The number of carbonyl (C=O) groups is 1. The van der Waals surface area contributed by atoms with Crippen molar-refractivity contribution in [2.75, 3.05) is 26.3 Å². The molecule has 6 heteroatoms. The topological polar surface area (TPSA) is 70.6 Å². The fourth-order valence-electron chi connectivity index (χ4n) is 3.44. The molecule has 126 valence electrons. The van der Waals surface area contributed by atoms with Crippen LogP contribution >= 0.6 is 15.9 Å². The van der Waals surface area contributed by atoms with E-state index < -0.39 is 6.10 Å². The standard InChI is InChI=1S/C17H23BrN2O3/c18-13-3-1-2-12(8-13)17(4-6-23-7-5-17)11-20-16(22)15-9-14(21)10-19-15/h1-3,8,14-15,19,21H,4-7,9-11H2,(H,20,22)/t14-,15-/m0/s1. The first-order valence-electron chi connectivity index (χ1n) is 8.12. The van der Waals surface area contributed by atoms with Gasteiger partial charge in [-0.1, -0.05) is 28.1 Å². The molecule has 1 aromatic rings. The van der Waals surface area contributed by atoms with E-state index in [4.69, 9.17) is 4.74 Å². The molecule has 0 aliphatic carbocycles. The summed E-state index contributed by atoms with van der Waals surface area (Å²) in [6, 6.07) is 8.02. The molecule has 2 aliphatic rings. The molecule has 2 saturated heterocycles. The number of β-amino-alcohol motifs (C(OH)–C–C–N with tert-alkyl or cyclic N) is 1. The monoisotopic (exact) mass is 382 g/mol. The van der Waals surface area contributed by atoms with Gasteiger partial charge in [-0.25, -0.2) is 0 Å². The number of hydrogen-bond acceptors (Lipinski definition) is 4. The third kappa shape index (κ3) is 3.94. The van der Waals surface area contributed by atoms with Gasteiger partial charge in [0.05, 0.1) is 12.1 Å². The number of amides is 1. The predicted molar refractivity (Wildman–Crippen MR) is 91.3 cm³/mol. The number of aliphatic hydroxyl groups is 1. The summed E-state index contributed by atoms with van der Waals surface area (Å²) in [5.41, 5.74) is 1.14. The van der Waals surface area contributed by atoms with Crippen LogP contribution in [0, 0.1) is 0 Å². The molecule has 0 aromatic heterocycles. The Balaban J connectivity index is 1.71. The van der Waals surface area contributed by atoms with Gasteiger partial charge < -0.3 is 20.5 Å². The Morgan fingerprint density at radius 1 is 1.43 bits per heavy atom. The second-order valence-electron chi connectivity index (χ2n) is 6.47. The number of nitrogens with one attached hydrogen (secondary N) is 2. The van der Waals surface area contributed by atoms with Crippen molar-refractivity contribution in [2.24, 2.45) is 0 Å². The molecule has 0 bridgehead atoms. The highest BCUT2D eigenvalue weighted by atomic mass is 79.9. The highest BCUT2D eigenvalue weighted by Crippen LogP contribution is 2.35. The summed E-state index contributed by atoms with van der Waals surface area (Å²) in [6.07, 6.45) is 1.85. The van der Waals surface area contributed by atoms with Crippen LogP contribution in [0.15, 0.2) is 28.7 Å². The van der Waals surface area contributed by atoms with E-state index in [2.05, 4.69) is 38.7 Å². The number of halogens is 1. The van der Waals surface area contributed by atoms with Crippen LogP contribution in [0.4, 0.5) is 0 Å². The Kier molecular flexibility index (Phi) is 5.36. The lowest BCUT2D eigenvalue weighted by molar-refractivity contribution is -0.123. The Labute approximate surface area is 144 Å². The molecule has 0 unspecified atom stereocenters. The minimum atomic E-state index is -0.423. The van der Waals surface area contributed by atoms with Crippen LogP contribution in [0.1, 0.15) is 24.8 Å². The number of aliphatic hydroxyl groups excluding tert-OH is 1. The van der Waals surface area contributed by atoms with E-state index in [1.807, 2.05) is 12.1 Å². The molecule has 2 aliphatic heterocycles. The van der Waals surface area contributed by atoms with Crippen LogP contribution in [-0.2, 0) is 14.9 Å². The maximum atomic E-state index is 12.3. The lowest BCUT2D eigenvalue weighted by atomic mass is 9.74. The number of hydrogen-bond donors (Lipinski definition) is 3. The van der Waals surface area contributed by atoms with Crippen molar-refractivity contribution in [1.29, 1.82) is 0 Å². The second kappa shape index (κ2) is 7.30. The maximum absolute atomic E-state index is 12.3. The molecule has 2 atom stereocenters. The minimum absolute atomic E-state index is 0.0255. The average Bonchev–Trinajstić information content (AvgIpc) is 3.00. The first-order valence-corrected chi connectivity index (χ1v) is 8.91. The Hall–Kier alpha value is -0.950. The number of carbonyl (C=O) groups excluding carboxylic acids is 1. The van der Waals surface area contributed by atoms with E-state index in [-0.39, 0.29) is 17.4 Å². The molecule has 2 fully saturated rings. The fraction of sp³-hybridized carbons (Fsp3) is 0.588. The molecule has 2 heterocycles. The Bertz CT molecular complexity index is 561. The smallest absolute Gasteiger partial charge is 0.237 e. The summed E-state index contributed by atoms with van der Waals surface area (Å²) in [5, 5.41) is 15.7. The van der Waals surface area contributed by atoms with Crippen LogP contribution < -0.4 is 10.6 Å². The lowest BCUT2D eigenvalue weighted by Crippen LogP contribution is -2.48. The number of rotatable bonds is 4. The van der Waals surface area contributed by atoms with Crippen LogP contribution in [0.2, 0.25) is 0 Å². The van der Waals surface area contributed by atoms with Crippen molar-refractivity contribution in [2.45, 2.75) is 36.8 Å². The van der Waals surface area contributed by atoms with Crippen molar-refractivity contribution in [1.82, 2.24) is 10.6 Å². The van der Waals surface area contributed by atoms with Gasteiger partial charge in [-0.3, -0.25) is 4.79 Å². The molecule has 0 saturated carbocycles. The highest BCUT2D eigenvalue weighted by molar-refractivity contribution is 9.10. The molecule has 5 nitrogen and oxygen atoms in total. The zero-order valence-corrected chi connectivity index (χ0v) is 14.6. The van der Waals surface area contributed by atoms with Crippen molar-refractivity contribution in [3.63, 3.8) is 0 Å². The average molecular weight is 383 g/mol. The van der Waals surface area contributed by atoms with Gasteiger partial charge in [-0.2, -0.15) is 0 Å². The van der Waals surface area contributed by atoms with Gasteiger partial charge in [0.2, 0.25) is 5.91 Å². The van der Waals surface area contributed by atoms with Crippen LogP contribution in [0.5, 0.6) is 0 Å². The number of ether oxygens (including phenoxy) is 1. The molecule has 3 N–H and O–H groups in total. The fourth-order valence-corrected chi connectivity index (χ4v) is 3.84. The summed E-state index contributed by atoms with van der Waals surface area (Å²) in [6.45, 7) is 2.51. The van der Waals surface area contributed by atoms with Crippen LogP contribution in [0.25, 0.3) is 0 Å². The van der Waals surface area contributed by atoms with E-state index in [0.717, 1.165) is 17.3 Å². The van der Waals surface area contributed by atoms with Crippen molar-refractivity contribution >= 4 is 21.8 Å². The van der Waals surface area contributed by atoms with E-state index in [9.17, 15) is 9.90 Å². The molecule has 3 rings (SSSR count). The van der Waals surface area contributed by atoms with Gasteiger partial charge in [-0.15, -0.1) is 0 Å². The summed E-state index contributed by atoms with van der Waals surface area (Å²) in [5.74, 6) is -0.0255. The summed E-state index contributed by atoms with van der Waals surface area (Å²) >= 11 is 3.54. The summed E-state index contributed by atoms with van der Waals surface area (Å²) < 4.78 is 6.58. The van der Waals surface area contributed by atoms with E-state index in [1.54, 1.807) is 0 Å². The van der Waals surface area contributed by atoms with Crippen LogP contribution in [-0.4, -0.2) is 49.5 Å². The first-order chi connectivity index (χ1) is 11.1. The largest absolute Gasteiger partial charge is 0.392 e. The van der Waals surface area contributed by atoms with Gasteiger partial charge in [0, 0.05) is 36.2 Å². The SMILES string of the molecule is O=C(NCC1(c2cccc(Br)c2)CCOCC1)[C@@H]1C[C@H](O)CN1. The molecule has 0 spiro atoms. The maximum Gasteiger partial charge on any atom is 0.237 e. The van der Waals surface area contributed by atoms with Gasteiger partial charge >= 0.3 is 0 Å². The second-order valence-corrected chi connectivity index (χ2v) is 7.39. The molecule has 1 aromatic carbocycles. The van der Waals surface area contributed by atoms with Crippen LogP contribution in [0.3, 0.4) is 0 Å². The minimum Gasteiger partial charge on any atom is -0.392 e. The van der Waals surface area contributed by atoms with Gasteiger partial charge in [0.25, 0.3) is 0 Å². The molecule has 1 amide bonds. The van der Waals surface area contributed by atoms with Gasteiger partial charge in [0.15, 0.2) is 0 Å². The third-order valence-corrected chi connectivity index (χ3v) is 5.41. The highest BCUT2D eigenvalue weighted by Gasteiger charge is 2.36. The Morgan fingerprint density at radius 2 is 2.22 bits per heavy atom. The van der Waals surface area contributed by atoms with E-state index in [1.165, 1.54) is 5.56 Å². The quantitative estimate of drug-likeness (QED) is 0.734. The molecule has 23 heavy (non-hydrogen) atoms. The van der Waals surface area contributed by atoms with E-state index in [0.29, 0.717) is 32.7 Å². The summed E-state index contributed by atoms with van der Waals surface area (Å²) in [4.78, 5) is 12.3.